The highest BCUT2D eigenvalue weighted by atomic mass is 17.2. The number of carbonyl (C=O) groups excluding carboxylic acids is 2. The summed E-state index contributed by atoms with van der Waals surface area (Å²) in [6.45, 7) is 7.96. The van der Waals surface area contributed by atoms with Crippen molar-refractivity contribution in [3.63, 3.8) is 0 Å². The Morgan fingerprint density at radius 3 is 1.80 bits per heavy atom. The quantitative estimate of drug-likeness (QED) is 0.335. The SMILES string of the molecule is C=C(C)C(=O)OOC(=O)C(=C)C(C)C(CO)(CO)CO. The number of aliphatic hydroxyl groups excluding tert-OH is 3. The van der Waals surface area contributed by atoms with Gasteiger partial charge < -0.3 is 15.3 Å². The van der Waals surface area contributed by atoms with Crippen LogP contribution < -0.4 is 0 Å². The van der Waals surface area contributed by atoms with Crippen LogP contribution in [-0.4, -0.2) is 47.1 Å². The van der Waals surface area contributed by atoms with E-state index < -0.39 is 43.1 Å². The Bertz CT molecular complexity index is 387. The lowest BCUT2D eigenvalue weighted by atomic mass is 9.74. The maximum atomic E-state index is 11.6. The van der Waals surface area contributed by atoms with Crippen LogP contribution in [0.5, 0.6) is 0 Å². The summed E-state index contributed by atoms with van der Waals surface area (Å²) in [6, 6.07) is 0. The molecule has 0 heterocycles. The van der Waals surface area contributed by atoms with Crippen molar-refractivity contribution >= 4 is 11.9 Å². The molecule has 7 heteroatoms. The highest BCUT2D eigenvalue weighted by Gasteiger charge is 2.39. The Kier molecular flexibility index (Phi) is 7.12. The molecule has 0 aliphatic rings. The van der Waals surface area contributed by atoms with E-state index in [2.05, 4.69) is 22.9 Å². The Labute approximate surface area is 117 Å². The lowest BCUT2D eigenvalue weighted by Crippen LogP contribution is -2.42. The second kappa shape index (κ2) is 7.78. The fraction of sp³-hybridized carbons (Fsp3) is 0.538. The van der Waals surface area contributed by atoms with E-state index in [-0.39, 0.29) is 11.1 Å². The van der Waals surface area contributed by atoms with E-state index in [0.717, 1.165) is 0 Å². The molecule has 1 unspecified atom stereocenters. The van der Waals surface area contributed by atoms with Crippen molar-refractivity contribution in [3.8, 4) is 0 Å². The van der Waals surface area contributed by atoms with E-state index in [4.69, 9.17) is 0 Å². The van der Waals surface area contributed by atoms with E-state index in [1.165, 1.54) is 13.8 Å². The average molecular weight is 288 g/mol. The van der Waals surface area contributed by atoms with Crippen LogP contribution >= 0.6 is 0 Å². The number of rotatable bonds is 7. The highest BCUT2D eigenvalue weighted by molar-refractivity contribution is 5.90. The first kappa shape index (κ1) is 18.3. The van der Waals surface area contributed by atoms with Gasteiger partial charge in [0.1, 0.15) is 0 Å². The molecule has 0 radical (unpaired) electrons. The van der Waals surface area contributed by atoms with Crippen LogP contribution in [0.25, 0.3) is 0 Å². The molecule has 0 spiro atoms. The van der Waals surface area contributed by atoms with Gasteiger partial charge in [-0.1, -0.05) is 20.1 Å². The Balaban J connectivity index is 4.77. The zero-order valence-electron chi connectivity index (χ0n) is 11.6. The molecule has 7 nitrogen and oxygen atoms in total. The predicted octanol–water partition coefficient (Wildman–Crippen LogP) is -0.281. The van der Waals surface area contributed by atoms with Gasteiger partial charge in [0.25, 0.3) is 0 Å². The molecule has 0 aromatic carbocycles. The Morgan fingerprint density at radius 1 is 1.05 bits per heavy atom. The summed E-state index contributed by atoms with van der Waals surface area (Å²) in [5, 5.41) is 27.8. The molecular formula is C13H20O7. The Hall–Kier alpha value is -1.70. The molecule has 0 aromatic rings. The van der Waals surface area contributed by atoms with Gasteiger partial charge in [-0.2, -0.15) is 0 Å². The molecule has 0 bridgehead atoms. The monoisotopic (exact) mass is 288 g/mol. The molecule has 0 saturated carbocycles. The second-order valence-corrected chi connectivity index (χ2v) is 4.61. The van der Waals surface area contributed by atoms with E-state index in [1.54, 1.807) is 0 Å². The first-order valence-electron chi connectivity index (χ1n) is 5.85. The van der Waals surface area contributed by atoms with Gasteiger partial charge >= 0.3 is 11.9 Å². The summed E-state index contributed by atoms with van der Waals surface area (Å²) in [5.74, 6) is -2.73. The molecule has 0 aliphatic carbocycles. The zero-order valence-corrected chi connectivity index (χ0v) is 11.6. The first-order valence-corrected chi connectivity index (χ1v) is 5.85. The van der Waals surface area contributed by atoms with Crippen molar-refractivity contribution in [2.45, 2.75) is 13.8 Å². The van der Waals surface area contributed by atoms with Crippen LogP contribution in [-0.2, 0) is 19.4 Å². The summed E-state index contributed by atoms with van der Waals surface area (Å²) < 4.78 is 0. The van der Waals surface area contributed by atoms with Crippen LogP contribution in [0, 0.1) is 11.3 Å². The van der Waals surface area contributed by atoms with E-state index >= 15 is 0 Å². The summed E-state index contributed by atoms with van der Waals surface area (Å²) in [4.78, 5) is 31.2. The van der Waals surface area contributed by atoms with Crippen molar-refractivity contribution in [2.75, 3.05) is 19.8 Å². The van der Waals surface area contributed by atoms with Gasteiger partial charge in [0, 0.05) is 22.5 Å². The van der Waals surface area contributed by atoms with Gasteiger partial charge in [-0.05, 0) is 6.92 Å². The van der Waals surface area contributed by atoms with E-state index in [9.17, 15) is 24.9 Å². The lowest BCUT2D eigenvalue weighted by molar-refractivity contribution is -0.253. The van der Waals surface area contributed by atoms with Gasteiger partial charge in [-0.15, -0.1) is 0 Å². The van der Waals surface area contributed by atoms with Crippen LogP contribution in [0.15, 0.2) is 24.3 Å². The molecule has 0 fully saturated rings. The van der Waals surface area contributed by atoms with Gasteiger partial charge in [0.05, 0.1) is 19.8 Å². The van der Waals surface area contributed by atoms with Gasteiger partial charge in [0.2, 0.25) is 0 Å². The Morgan fingerprint density at radius 2 is 1.45 bits per heavy atom. The predicted molar refractivity (Wildman–Crippen MR) is 69.0 cm³/mol. The van der Waals surface area contributed by atoms with Crippen LogP contribution in [0.4, 0.5) is 0 Å². The highest BCUT2D eigenvalue weighted by Crippen LogP contribution is 2.31. The van der Waals surface area contributed by atoms with Gasteiger partial charge in [0.15, 0.2) is 0 Å². The number of carbonyl (C=O) groups is 2. The van der Waals surface area contributed by atoms with E-state index in [1.807, 2.05) is 0 Å². The molecule has 3 N–H and O–H groups in total. The van der Waals surface area contributed by atoms with Gasteiger partial charge in [-0.25, -0.2) is 19.4 Å². The van der Waals surface area contributed by atoms with Gasteiger partial charge in [-0.3, -0.25) is 0 Å². The smallest absolute Gasteiger partial charge is 0.382 e. The minimum atomic E-state index is -1.32. The molecule has 0 rings (SSSR count). The molecule has 0 aromatic heterocycles. The van der Waals surface area contributed by atoms with Crippen LogP contribution in [0.1, 0.15) is 13.8 Å². The maximum Gasteiger partial charge on any atom is 0.382 e. The molecule has 0 aliphatic heterocycles. The molecule has 20 heavy (non-hydrogen) atoms. The minimum absolute atomic E-state index is 0.0480. The summed E-state index contributed by atoms with van der Waals surface area (Å²) in [6.07, 6.45) is 0. The number of aliphatic hydroxyl groups is 3. The summed E-state index contributed by atoms with van der Waals surface area (Å²) >= 11 is 0. The zero-order chi connectivity index (χ0) is 15.9. The largest absolute Gasteiger partial charge is 0.396 e. The third kappa shape index (κ3) is 4.16. The molecule has 0 amide bonds. The van der Waals surface area contributed by atoms with Crippen molar-refractivity contribution in [3.05, 3.63) is 24.3 Å². The topological polar surface area (TPSA) is 113 Å². The number of hydrogen-bond acceptors (Lipinski definition) is 7. The normalized spacial score (nSPS) is 12.4. The average Bonchev–Trinajstić information content (AvgIpc) is 2.45. The third-order valence-corrected chi connectivity index (χ3v) is 3.19. The first-order chi connectivity index (χ1) is 9.25. The van der Waals surface area contributed by atoms with Crippen LogP contribution in [0.3, 0.4) is 0 Å². The minimum Gasteiger partial charge on any atom is -0.396 e. The summed E-state index contributed by atoms with van der Waals surface area (Å²) in [5.41, 5.74) is -1.43. The van der Waals surface area contributed by atoms with Crippen molar-refractivity contribution < 1.29 is 34.7 Å². The van der Waals surface area contributed by atoms with E-state index in [0.29, 0.717) is 0 Å². The number of hydrogen-bond donors (Lipinski definition) is 3. The lowest BCUT2D eigenvalue weighted by Gasteiger charge is -2.34. The third-order valence-electron chi connectivity index (χ3n) is 3.19. The van der Waals surface area contributed by atoms with Crippen molar-refractivity contribution in [1.29, 1.82) is 0 Å². The molecule has 114 valence electrons. The summed E-state index contributed by atoms with van der Waals surface area (Å²) in [7, 11) is 0. The second-order valence-electron chi connectivity index (χ2n) is 4.61. The molecule has 0 saturated heterocycles. The van der Waals surface area contributed by atoms with Crippen molar-refractivity contribution in [2.24, 2.45) is 11.3 Å². The molecule has 1 atom stereocenters. The standard InChI is InChI=1S/C13H20O7/c1-8(2)11(17)19-20-12(18)9(3)10(4)13(5-14,6-15)7-16/h10,14-16H,1,3,5-7H2,2,4H3. The fourth-order valence-corrected chi connectivity index (χ4v) is 1.31. The van der Waals surface area contributed by atoms with Crippen molar-refractivity contribution in [1.82, 2.24) is 0 Å². The van der Waals surface area contributed by atoms with Crippen LogP contribution in [0.2, 0.25) is 0 Å². The maximum absolute atomic E-state index is 11.6. The fourth-order valence-electron chi connectivity index (χ4n) is 1.31. The molecular weight excluding hydrogens is 268 g/mol.